The molecule has 0 aliphatic carbocycles. The molecule has 2 aromatic rings. The van der Waals surface area contributed by atoms with E-state index >= 15 is 0 Å². The van der Waals surface area contributed by atoms with E-state index in [1.165, 1.54) is 11.8 Å². The topological polar surface area (TPSA) is 62.7 Å². The van der Waals surface area contributed by atoms with Crippen molar-refractivity contribution in [1.29, 1.82) is 5.26 Å². The standard InChI is InChI=1S/C10H6ClN3OS/c11-8-4-2-1-3-7(8)9-13-14-10(15-9)16-6-5-12/h1-4H,6H2. The average molecular weight is 252 g/mol. The third kappa shape index (κ3) is 2.35. The maximum atomic E-state index is 8.41. The largest absolute Gasteiger partial charge is 0.411 e. The average Bonchev–Trinajstić information content (AvgIpc) is 2.75. The predicted molar refractivity (Wildman–Crippen MR) is 61.1 cm³/mol. The monoisotopic (exact) mass is 251 g/mol. The van der Waals surface area contributed by atoms with Crippen LogP contribution in [0, 0.1) is 11.3 Å². The number of hydrogen-bond donors (Lipinski definition) is 0. The van der Waals surface area contributed by atoms with E-state index in [-0.39, 0.29) is 5.75 Å². The summed E-state index contributed by atoms with van der Waals surface area (Å²) >= 11 is 7.18. The molecule has 6 heteroatoms. The van der Waals surface area contributed by atoms with E-state index in [1.54, 1.807) is 12.1 Å². The highest BCUT2D eigenvalue weighted by Crippen LogP contribution is 2.28. The number of hydrogen-bond acceptors (Lipinski definition) is 5. The molecule has 4 nitrogen and oxygen atoms in total. The molecule has 0 unspecified atom stereocenters. The maximum absolute atomic E-state index is 8.41. The van der Waals surface area contributed by atoms with Crippen LogP contribution in [-0.2, 0) is 0 Å². The van der Waals surface area contributed by atoms with Crippen molar-refractivity contribution in [3.8, 4) is 17.5 Å². The van der Waals surface area contributed by atoms with Gasteiger partial charge in [-0.2, -0.15) is 5.26 Å². The summed E-state index contributed by atoms with van der Waals surface area (Å²) in [6.07, 6.45) is 0. The molecule has 0 fully saturated rings. The second kappa shape index (κ2) is 5.01. The van der Waals surface area contributed by atoms with Gasteiger partial charge in [0.05, 0.1) is 22.4 Å². The lowest BCUT2D eigenvalue weighted by Crippen LogP contribution is -1.78. The van der Waals surface area contributed by atoms with Crippen molar-refractivity contribution in [3.05, 3.63) is 29.3 Å². The SMILES string of the molecule is N#CCSc1nnc(-c2ccccc2Cl)o1. The van der Waals surface area contributed by atoms with Gasteiger partial charge in [-0.1, -0.05) is 35.5 Å². The molecule has 0 bridgehead atoms. The Labute approximate surface area is 101 Å². The minimum absolute atomic E-state index is 0.282. The van der Waals surface area contributed by atoms with Crippen LogP contribution < -0.4 is 0 Å². The predicted octanol–water partition coefficient (Wildman–Crippen LogP) is 3.01. The molecule has 1 aromatic heterocycles. The van der Waals surface area contributed by atoms with Gasteiger partial charge in [0.2, 0.25) is 5.89 Å². The maximum Gasteiger partial charge on any atom is 0.277 e. The lowest BCUT2D eigenvalue weighted by atomic mass is 10.2. The summed E-state index contributed by atoms with van der Waals surface area (Å²) in [7, 11) is 0. The molecular weight excluding hydrogens is 246 g/mol. The van der Waals surface area contributed by atoms with E-state index in [1.807, 2.05) is 18.2 Å². The van der Waals surface area contributed by atoms with Crippen molar-refractivity contribution >= 4 is 23.4 Å². The Morgan fingerprint density at radius 2 is 2.19 bits per heavy atom. The molecule has 0 aliphatic rings. The van der Waals surface area contributed by atoms with Gasteiger partial charge in [0.1, 0.15) is 0 Å². The highest BCUT2D eigenvalue weighted by Gasteiger charge is 2.11. The Kier molecular flexibility index (Phi) is 3.44. The zero-order valence-corrected chi connectivity index (χ0v) is 9.63. The first-order chi connectivity index (χ1) is 7.81. The summed E-state index contributed by atoms with van der Waals surface area (Å²) in [6.45, 7) is 0. The van der Waals surface area contributed by atoms with Gasteiger partial charge in [0.25, 0.3) is 5.22 Å². The van der Waals surface area contributed by atoms with E-state index in [4.69, 9.17) is 21.3 Å². The zero-order chi connectivity index (χ0) is 11.4. The molecule has 0 spiro atoms. The van der Waals surface area contributed by atoms with Crippen LogP contribution >= 0.6 is 23.4 Å². The van der Waals surface area contributed by atoms with Crippen LogP contribution in [0.4, 0.5) is 0 Å². The van der Waals surface area contributed by atoms with E-state index < -0.39 is 0 Å². The smallest absolute Gasteiger partial charge is 0.277 e. The molecule has 0 radical (unpaired) electrons. The van der Waals surface area contributed by atoms with Crippen LogP contribution in [0.2, 0.25) is 5.02 Å². The Morgan fingerprint density at radius 3 is 2.94 bits per heavy atom. The molecule has 2 rings (SSSR count). The number of rotatable bonds is 3. The highest BCUT2D eigenvalue weighted by atomic mass is 35.5. The van der Waals surface area contributed by atoms with Crippen LogP contribution in [0.3, 0.4) is 0 Å². The van der Waals surface area contributed by atoms with Gasteiger partial charge in [-0.25, -0.2) is 0 Å². The zero-order valence-electron chi connectivity index (χ0n) is 8.05. The number of nitrogens with zero attached hydrogens (tertiary/aromatic N) is 3. The lowest BCUT2D eigenvalue weighted by molar-refractivity contribution is 0.466. The Hall–Kier alpha value is -1.51. The fourth-order valence-electron chi connectivity index (χ4n) is 1.11. The summed E-state index contributed by atoms with van der Waals surface area (Å²) in [6, 6.07) is 9.21. The molecule has 0 atom stereocenters. The summed E-state index contributed by atoms with van der Waals surface area (Å²) in [5, 5.41) is 17.0. The number of nitriles is 1. The molecule has 0 N–H and O–H groups in total. The highest BCUT2D eigenvalue weighted by molar-refractivity contribution is 7.99. The van der Waals surface area contributed by atoms with Crippen LogP contribution in [0.25, 0.3) is 11.5 Å². The Morgan fingerprint density at radius 1 is 1.38 bits per heavy atom. The Bertz CT molecular complexity index is 535. The summed E-state index contributed by atoms with van der Waals surface area (Å²) < 4.78 is 5.36. The molecule has 80 valence electrons. The third-order valence-electron chi connectivity index (χ3n) is 1.77. The summed E-state index contributed by atoms with van der Waals surface area (Å²) in [5.74, 6) is 0.649. The summed E-state index contributed by atoms with van der Waals surface area (Å²) in [4.78, 5) is 0. The van der Waals surface area contributed by atoms with E-state index in [0.717, 1.165) is 0 Å². The first-order valence-corrected chi connectivity index (χ1v) is 5.76. The van der Waals surface area contributed by atoms with Crippen molar-refractivity contribution < 1.29 is 4.42 Å². The van der Waals surface area contributed by atoms with Gasteiger partial charge in [-0.3, -0.25) is 0 Å². The van der Waals surface area contributed by atoms with Crippen LogP contribution in [0.5, 0.6) is 0 Å². The number of halogens is 1. The van der Waals surface area contributed by atoms with Crippen molar-refractivity contribution in [2.45, 2.75) is 5.22 Å². The van der Waals surface area contributed by atoms with Crippen molar-refractivity contribution in [1.82, 2.24) is 10.2 Å². The number of thioether (sulfide) groups is 1. The van der Waals surface area contributed by atoms with Gasteiger partial charge in [-0.15, -0.1) is 10.2 Å². The fraction of sp³-hybridized carbons (Fsp3) is 0.100. The quantitative estimate of drug-likeness (QED) is 0.785. The molecule has 1 heterocycles. The molecule has 0 amide bonds. The van der Waals surface area contributed by atoms with E-state index in [2.05, 4.69) is 10.2 Å². The van der Waals surface area contributed by atoms with Gasteiger partial charge in [-0.05, 0) is 12.1 Å². The first-order valence-electron chi connectivity index (χ1n) is 4.39. The number of benzene rings is 1. The molecular formula is C10H6ClN3OS. The van der Waals surface area contributed by atoms with E-state index in [0.29, 0.717) is 21.7 Å². The van der Waals surface area contributed by atoms with Crippen molar-refractivity contribution in [2.75, 3.05) is 5.75 Å². The summed E-state index contributed by atoms with van der Waals surface area (Å²) in [5.41, 5.74) is 0.695. The van der Waals surface area contributed by atoms with Gasteiger partial charge < -0.3 is 4.42 Å². The molecule has 1 aromatic carbocycles. The second-order valence-electron chi connectivity index (χ2n) is 2.80. The van der Waals surface area contributed by atoms with Crippen LogP contribution in [0.1, 0.15) is 0 Å². The minimum atomic E-state index is 0.282. The number of aromatic nitrogens is 2. The fourth-order valence-corrected chi connectivity index (χ4v) is 1.75. The molecule has 16 heavy (non-hydrogen) atoms. The van der Waals surface area contributed by atoms with Crippen LogP contribution in [0.15, 0.2) is 33.9 Å². The van der Waals surface area contributed by atoms with Crippen LogP contribution in [-0.4, -0.2) is 16.0 Å². The van der Waals surface area contributed by atoms with Gasteiger partial charge >= 0.3 is 0 Å². The first kappa shape index (κ1) is 11.0. The molecule has 0 saturated carbocycles. The third-order valence-corrected chi connectivity index (χ3v) is 2.79. The Balaban J connectivity index is 2.26. The second-order valence-corrected chi connectivity index (χ2v) is 4.13. The van der Waals surface area contributed by atoms with Crippen molar-refractivity contribution in [3.63, 3.8) is 0 Å². The molecule has 0 aliphatic heterocycles. The lowest BCUT2D eigenvalue weighted by Gasteiger charge is -1.96. The van der Waals surface area contributed by atoms with E-state index in [9.17, 15) is 0 Å². The van der Waals surface area contributed by atoms with Gasteiger partial charge in [0.15, 0.2) is 0 Å². The normalized spacial score (nSPS) is 10.0. The minimum Gasteiger partial charge on any atom is -0.411 e. The van der Waals surface area contributed by atoms with Gasteiger partial charge in [0, 0.05) is 0 Å². The molecule has 0 saturated heterocycles. The van der Waals surface area contributed by atoms with Crippen molar-refractivity contribution in [2.24, 2.45) is 0 Å².